The predicted molar refractivity (Wildman–Crippen MR) is 92.4 cm³/mol. The Morgan fingerprint density at radius 3 is 2.19 bits per heavy atom. The van der Waals surface area contributed by atoms with E-state index in [2.05, 4.69) is 0 Å². The number of carbonyl (C=O) groups is 4. The fourth-order valence-electron chi connectivity index (χ4n) is 3.27. The van der Waals surface area contributed by atoms with Gasteiger partial charge in [-0.2, -0.15) is 0 Å². The number of nitrogens with zero attached hydrogens (tertiary/aromatic N) is 2. The van der Waals surface area contributed by atoms with Crippen molar-refractivity contribution in [2.24, 2.45) is 0 Å². The molecule has 0 bridgehead atoms. The van der Waals surface area contributed by atoms with E-state index in [1.807, 2.05) is 0 Å². The summed E-state index contributed by atoms with van der Waals surface area (Å²) < 4.78 is 5.02. The Morgan fingerprint density at radius 1 is 0.962 bits per heavy atom. The molecule has 2 aliphatic rings. The van der Waals surface area contributed by atoms with Gasteiger partial charge in [0.1, 0.15) is 0 Å². The molecule has 2 heterocycles. The van der Waals surface area contributed by atoms with E-state index >= 15 is 0 Å². The second kappa shape index (κ2) is 8.12. The molecule has 7 nitrogen and oxygen atoms in total. The van der Waals surface area contributed by atoms with E-state index in [4.69, 9.17) is 4.74 Å². The number of rotatable bonds is 6. The average Bonchev–Trinajstić information content (AvgIpc) is 2.92. The summed E-state index contributed by atoms with van der Waals surface area (Å²) in [5.41, 5.74) is 0.791. The maximum absolute atomic E-state index is 12.2. The van der Waals surface area contributed by atoms with Gasteiger partial charge in [0.2, 0.25) is 0 Å². The molecule has 1 saturated heterocycles. The first-order valence-electron chi connectivity index (χ1n) is 8.96. The summed E-state index contributed by atoms with van der Waals surface area (Å²) in [4.78, 5) is 51.0. The molecule has 0 spiro atoms. The highest BCUT2D eigenvalue weighted by atomic mass is 16.5. The third-order valence-electron chi connectivity index (χ3n) is 4.71. The Hall–Kier alpha value is -2.70. The SMILES string of the molecule is O=C(CCCN1C(=O)c2ccccc2C1=O)OCC(=O)N1CCCCC1. The number of piperidine rings is 1. The van der Waals surface area contributed by atoms with Gasteiger partial charge in [-0.05, 0) is 37.8 Å². The molecule has 1 aromatic carbocycles. The van der Waals surface area contributed by atoms with Gasteiger partial charge in [0.15, 0.2) is 6.61 Å². The van der Waals surface area contributed by atoms with Gasteiger partial charge < -0.3 is 9.64 Å². The van der Waals surface area contributed by atoms with E-state index < -0.39 is 5.97 Å². The summed E-state index contributed by atoms with van der Waals surface area (Å²) in [6, 6.07) is 6.67. The van der Waals surface area contributed by atoms with Crippen LogP contribution in [0, 0.1) is 0 Å². The standard InChI is InChI=1S/C19H22N2O5/c22-16(20-10-4-1-5-11-20)13-26-17(23)9-6-12-21-18(24)14-7-2-3-8-15(14)19(21)25/h2-3,7-8H,1,4-6,9-13H2. The fraction of sp³-hybridized carbons (Fsp3) is 0.474. The lowest BCUT2D eigenvalue weighted by atomic mass is 10.1. The van der Waals surface area contributed by atoms with Gasteiger partial charge in [-0.15, -0.1) is 0 Å². The van der Waals surface area contributed by atoms with Crippen LogP contribution in [0.4, 0.5) is 0 Å². The van der Waals surface area contributed by atoms with Crippen molar-refractivity contribution in [3.05, 3.63) is 35.4 Å². The zero-order valence-electron chi connectivity index (χ0n) is 14.6. The van der Waals surface area contributed by atoms with Gasteiger partial charge in [-0.3, -0.25) is 24.1 Å². The van der Waals surface area contributed by atoms with Crippen LogP contribution in [0.2, 0.25) is 0 Å². The Kier molecular flexibility index (Phi) is 5.65. The van der Waals surface area contributed by atoms with Crippen molar-refractivity contribution in [1.82, 2.24) is 9.80 Å². The van der Waals surface area contributed by atoms with Gasteiger partial charge in [-0.1, -0.05) is 12.1 Å². The van der Waals surface area contributed by atoms with Crippen LogP contribution in [-0.2, 0) is 14.3 Å². The third kappa shape index (κ3) is 3.92. The van der Waals surface area contributed by atoms with Crippen LogP contribution in [0.5, 0.6) is 0 Å². The molecule has 2 aliphatic heterocycles. The number of hydrogen-bond donors (Lipinski definition) is 0. The molecular weight excluding hydrogens is 336 g/mol. The van der Waals surface area contributed by atoms with Crippen molar-refractivity contribution in [2.75, 3.05) is 26.2 Å². The zero-order valence-corrected chi connectivity index (χ0v) is 14.6. The lowest BCUT2D eigenvalue weighted by Crippen LogP contribution is -2.38. The number of ether oxygens (including phenoxy) is 1. The van der Waals surface area contributed by atoms with E-state index in [0.717, 1.165) is 37.3 Å². The smallest absolute Gasteiger partial charge is 0.306 e. The first kappa shape index (κ1) is 18.1. The van der Waals surface area contributed by atoms with Crippen LogP contribution < -0.4 is 0 Å². The Bertz CT molecular complexity index is 689. The average molecular weight is 358 g/mol. The molecule has 3 rings (SSSR count). The van der Waals surface area contributed by atoms with Crippen molar-refractivity contribution in [2.45, 2.75) is 32.1 Å². The quantitative estimate of drug-likeness (QED) is 0.570. The molecule has 0 atom stereocenters. The molecule has 0 radical (unpaired) electrons. The number of fused-ring (bicyclic) bond motifs is 1. The Labute approximate surface area is 151 Å². The highest BCUT2D eigenvalue weighted by Crippen LogP contribution is 2.22. The summed E-state index contributed by atoms with van der Waals surface area (Å²) in [6.07, 6.45) is 3.46. The Morgan fingerprint density at radius 2 is 1.58 bits per heavy atom. The van der Waals surface area contributed by atoms with Gasteiger partial charge >= 0.3 is 5.97 Å². The third-order valence-corrected chi connectivity index (χ3v) is 4.71. The van der Waals surface area contributed by atoms with Crippen molar-refractivity contribution in [1.29, 1.82) is 0 Å². The number of amides is 3. The van der Waals surface area contributed by atoms with Crippen molar-refractivity contribution >= 4 is 23.7 Å². The van der Waals surface area contributed by atoms with Crippen LogP contribution in [0.15, 0.2) is 24.3 Å². The second-order valence-corrected chi connectivity index (χ2v) is 6.51. The van der Waals surface area contributed by atoms with E-state index in [1.165, 1.54) is 0 Å². The normalized spacial score (nSPS) is 16.6. The van der Waals surface area contributed by atoms with Gasteiger partial charge in [0, 0.05) is 26.1 Å². The van der Waals surface area contributed by atoms with E-state index in [9.17, 15) is 19.2 Å². The van der Waals surface area contributed by atoms with E-state index in [1.54, 1.807) is 29.2 Å². The zero-order chi connectivity index (χ0) is 18.5. The van der Waals surface area contributed by atoms with E-state index in [-0.39, 0.29) is 37.3 Å². The first-order valence-corrected chi connectivity index (χ1v) is 8.96. The fourth-order valence-corrected chi connectivity index (χ4v) is 3.27. The molecule has 0 aromatic heterocycles. The van der Waals surface area contributed by atoms with Gasteiger partial charge in [0.25, 0.3) is 17.7 Å². The lowest BCUT2D eigenvalue weighted by molar-refractivity contribution is -0.152. The topological polar surface area (TPSA) is 84.0 Å². The second-order valence-electron chi connectivity index (χ2n) is 6.51. The van der Waals surface area contributed by atoms with Gasteiger partial charge in [-0.25, -0.2) is 0 Å². The minimum absolute atomic E-state index is 0.0562. The summed E-state index contributed by atoms with van der Waals surface area (Å²) in [5.74, 6) is -1.33. The summed E-state index contributed by atoms with van der Waals surface area (Å²) in [6.45, 7) is 1.35. The first-order chi connectivity index (χ1) is 12.6. The highest BCUT2D eigenvalue weighted by Gasteiger charge is 2.34. The molecule has 0 unspecified atom stereocenters. The summed E-state index contributed by atoms with van der Waals surface area (Å²) in [5, 5.41) is 0. The minimum atomic E-state index is -0.494. The molecule has 0 aliphatic carbocycles. The number of carbonyl (C=O) groups excluding carboxylic acids is 4. The molecule has 1 fully saturated rings. The van der Waals surface area contributed by atoms with Crippen molar-refractivity contribution in [3.8, 4) is 0 Å². The van der Waals surface area contributed by atoms with Gasteiger partial charge in [0.05, 0.1) is 11.1 Å². The maximum Gasteiger partial charge on any atom is 0.306 e. The Balaban J connectivity index is 1.40. The number of esters is 1. The molecule has 1 aromatic rings. The highest BCUT2D eigenvalue weighted by molar-refractivity contribution is 6.21. The molecule has 138 valence electrons. The molecule has 3 amide bonds. The summed E-state index contributed by atoms with van der Waals surface area (Å²) >= 11 is 0. The van der Waals surface area contributed by atoms with Crippen LogP contribution in [0.3, 0.4) is 0 Å². The van der Waals surface area contributed by atoms with Crippen molar-refractivity contribution < 1.29 is 23.9 Å². The van der Waals surface area contributed by atoms with Crippen LogP contribution in [0.25, 0.3) is 0 Å². The van der Waals surface area contributed by atoms with Crippen LogP contribution >= 0.6 is 0 Å². The van der Waals surface area contributed by atoms with Crippen LogP contribution in [0.1, 0.15) is 52.8 Å². The molecule has 0 saturated carbocycles. The monoisotopic (exact) mass is 358 g/mol. The number of benzene rings is 1. The van der Waals surface area contributed by atoms with Crippen molar-refractivity contribution in [3.63, 3.8) is 0 Å². The minimum Gasteiger partial charge on any atom is -0.456 e. The molecule has 7 heteroatoms. The number of likely N-dealkylation sites (tertiary alicyclic amines) is 1. The van der Waals surface area contributed by atoms with Crippen LogP contribution in [-0.4, -0.2) is 59.7 Å². The number of hydrogen-bond acceptors (Lipinski definition) is 5. The largest absolute Gasteiger partial charge is 0.456 e. The number of imide groups is 1. The summed E-state index contributed by atoms with van der Waals surface area (Å²) in [7, 11) is 0. The van der Waals surface area contributed by atoms with E-state index in [0.29, 0.717) is 17.5 Å². The molecular formula is C19H22N2O5. The molecule has 26 heavy (non-hydrogen) atoms. The lowest BCUT2D eigenvalue weighted by Gasteiger charge is -2.26. The predicted octanol–water partition coefficient (Wildman–Crippen LogP) is 1.62. The molecule has 0 N–H and O–H groups in total. The maximum atomic E-state index is 12.2.